The van der Waals surface area contributed by atoms with Crippen molar-refractivity contribution in [2.24, 2.45) is 0 Å². The molecule has 0 radical (unpaired) electrons. The first kappa shape index (κ1) is 7.69. The largest absolute Gasteiger partial charge is 0.393 e. The minimum Gasteiger partial charge on any atom is -0.393 e. The van der Waals surface area contributed by atoms with Crippen molar-refractivity contribution in [3.63, 3.8) is 0 Å². The molecule has 1 aliphatic rings. The number of ketones is 1. The summed E-state index contributed by atoms with van der Waals surface area (Å²) in [5.41, 5.74) is -0.977. The Morgan fingerprint density at radius 3 is 2.70 bits per heavy atom. The molecule has 1 aliphatic carbocycles. The lowest BCUT2D eigenvalue weighted by molar-refractivity contribution is -0.132. The van der Waals surface area contributed by atoms with E-state index in [1.165, 1.54) is 0 Å². The first-order chi connectivity index (χ1) is 4.49. The van der Waals surface area contributed by atoms with Crippen molar-refractivity contribution in [1.29, 1.82) is 0 Å². The van der Waals surface area contributed by atoms with E-state index in [9.17, 15) is 9.90 Å². The van der Waals surface area contributed by atoms with Crippen LogP contribution in [0.25, 0.3) is 0 Å². The zero-order valence-electron chi connectivity index (χ0n) is 6.00. The van der Waals surface area contributed by atoms with Crippen molar-refractivity contribution in [2.75, 3.05) is 0 Å². The predicted molar refractivity (Wildman–Crippen MR) is 35.5 cm³/mol. The lowest BCUT2D eigenvalue weighted by atomic mass is 9.84. The maximum absolute atomic E-state index is 10.8. The number of carbonyl (C=O) groups excluding carboxylic acids is 1. The quantitative estimate of drug-likeness (QED) is 0.497. The van der Waals surface area contributed by atoms with E-state index in [0.717, 1.165) is 0 Å². The molecule has 0 aromatic heterocycles. The fraction of sp³-hybridized carbons (Fsp3) is 0.857. The fourth-order valence-electron chi connectivity index (χ4n) is 1.41. The minimum atomic E-state index is -0.977. The second-order valence-corrected chi connectivity index (χ2v) is 3.27. The summed E-state index contributed by atoms with van der Waals surface area (Å²) in [6, 6.07) is 0. The van der Waals surface area contributed by atoms with Crippen LogP contribution in [0.15, 0.2) is 0 Å². The number of rotatable bonds is 0. The van der Waals surface area contributed by atoms with Gasteiger partial charge in [0.15, 0.2) is 0 Å². The van der Waals surface area contributed by atoms with Gasteiger partial charge in [-0.1, -0.05) is 0 Å². The summed E-state index contributed by atoms with van der Waals surface area (Å²) in [6.07, 6.45) is 0.0649. The molecule has 2 unspecified atom stereocenters. The van der Waals surface area contributed by atoms with Crippen LogP contribution in [0.3, 0.4) is 0 Å². The van der Waals surface area contributed by atoms with Gasteiger partial charge in [-0.3, -0.25) is 4.79 Å². The second-order valence-electron chi connectivity index (χ2n) is 3.27. The lowest BCUT2D eigenvalue weighted by Gasteiger charge is -2.29. The Labute approximate surface area is 59.7 Å². The van der Waals surface area contributed by atoms with Crippen LogP contribution in [-0.2, 0) is 4.79 Å². The molecule has 0 aromatic carbocycles. The number of hydrogen-bond donors (Lipinski definition) is 2. The summed E-state index contributed by atoms with van der Waals surface area (Å²) in [6.45, 7) is 1.58. The molecule has 58 valence electrons. The first-order valence-electron chi connectivity index (χ1n) is 3.42. The highest BCUT2D eigenvalue weighted by atomic mass is 16.3. The summed E-state index contributed by atoms with van der Waals surface area (Å²) >= 11 is 0. The Hall–Kier alpha value is -0.410. The van der Waals surface area contributed by atoms with Crippen LogP contribution in [0.4, 0.5) is 0 Å². The Morgan fingerprint density at radius 1 is 1.70 bits per heavy atom. The van der Waals surface area contributed by atoms with Crippen LogP contribution in [0.5, 0.6) is 0 Å². The molecular formula is C7H12O3. The van der Waals surface area contributed by atoms with Crippen molar-refractivity contribution in [2.45, 2.75) is 37.9 Å². The molecule has 10 heavy (non-hydrogen) atoms. The topological polar surface area (TPSA) is 57.5 Å². The fourth-order valence-corrected chi connectivity index (χ4v) is 1.41. The molecule has 0 aliphatic heterocycles. The molecule has 0 heterocycles. The zero-order chi connectivity index (χ0) is 7.78. The Morgan fingerprint density at radius 2 is 2.30 bits per heavy atom. The second kappa shape index (κ2) is 2.32. The third kappa shape index (κ3) is 1.78. The van der Waals surface area contributed by atoms with Crippen molar-refractivity contribution in [3.05, 3.63) is 0 Å². The van der Waals surface area contributed by atoms with Gasteiger partial charge < -0.3 is 10.2 Å². The molecule has 0 saturated heterocycles. The van der Waals surface area contributed by atoms with Crippen molar-refractivity contribution < 1.29 is 15.0 Å². The Kier molecular flexibility index (Phi) is 1.79. The lowest BCUT2D eigenvalue weighted by Crippen LogP contribution is -2.38. The van der Waals surface area contributed by atoms with Crippen LogP contribution >= 0.6 is 0 Å². The molecule has 2 N–H and O–H groups in total. The molecular weight excluding hydrogens is 132 g/mol. The van der Waals surface area contributed by atoms with E-state index in [2.05, 4.69) is 0 Å². The average Bonchev–Trinajstić information content (AvgIpc) is 1.54. The van der Waals surface area contributed by atoms with Crippen molar-refractivity contribution in [1.82, 2.24) is 0 Å². The van der Waals surface area contributed by atoms with Gasteiger partial charge in [0, 0.05) is 19.3 Å². The summed E-state index contributed by atoms with van der Waals surface area (Å²) in [4.78, 5) is 10.8. The van der Waals surface area contributed by atoms with Gasteiger partial charge in [-0.2, -0.15) is 0 Å². The van der Waals surface area contributed by atoms with Gasteiger partial charge >= 0.3 is 0 Å². The number of carbonyl (C=O) groups is 1. The van der Waals surface area contributed by atoms with Crippen LogP contribution in [0.2, 0.25) is 0 Å². The molecule has 1 fully saturated rings. The molecule has 3 nitrogen and oxygen atoms in total. The summed E-state index contributed by atoms with van der Waals surface area (Å²) in [5.74, 6) is -0.0521. The van der Waals surface area contributed by atoms with Crippen LogP contribution < -0.4 is 0 Å². The highest BCUT2D eigenvalue weighted by molar-refractivity contribution is 5.80. The van der Waals surface area contributed by atoms with Gasteiger partial charge in [0.25, 0.3) is 0 Å². The number of Topliss-reactive ketones (excluding diaryl/α,β-unsaturated/α-hetero) is 1. The number of aliphatic hydroxyl groups excluding tert-OH is 1. The van der Waals surface area contributed by atoms with Gasteiger partial charge in [0.1, 0.15) is 5.78 Å². The summed E-state index contributed by atoms with van der Waals surface area (Å²) in [5, 5.41) is 18.4. The van der Waals surface area contributed by atoms with E-state index in [-0.39, 0.29) is 18.6 Å². The molecule has 2 atom stereocenters. The molecule has 0 spiro atoms. The maximum atomic E-state index is 10.8. The Balaban J connectivity index is 2.59. The molecule has 1 saturated carbocycles. The monoisotopic (exact) mass is 144 g/mol. The zero-order valence-corrected chi connectivity index (χ0v) is 6.00. The van der Waals surface area contributed by atoms with Crippen LogP contribution in [-0.4, -0.2) is 27.7 Å². The van der Waals surface area contributed by atoms with E-state index >= 15 is 0 Å². The van der Waals surface area contributed by atoms with Gasteiger partial charge in [-0.05, 0) is 6.92 Å². The van der Waals surface area contributed by atoms with E-state index in [4.69, 9.17) is 5.11 Å². The standard InChI is InChI=1S/C7H12O3/c1-7(10)3-5(8)2-6(9)4-7/h5,8,10H,2-4H2,1H3. The molecule has 0 bridgehead atoms. The summed E-state index contributed by atoms with van der Waals surface area (Å²) in [7, 11) is 0. The highest BCUT2D eigenvalue weighted by Crippen LogP contribution is 2.24. The number of hydrogen-bond acceptors (Lipinski definition) is 3. The van der Waals surface area contributed by atoms with E-state index in [1.54, 1.807) is 6.92 Å². The SMILES string of the molecule is CC1(O)CC(=O)CC(O)C1. The van der Waals surface area contributed by atoms with E-state index in [1.807, 2.05) is 0 Å². The van der Waals surface area contributed by atoms with Crippen LogP contribution in [0, 0.1) is 0 Å². The first-order valence-corrected chi connectivity index (χ1v) is 3.42. The van der Waals surface area contributed by atoms with E-state index in [0.29, 0.717) is 6.42 Å². The Bertz CT molecular complexity index is 151. The van der Waals surface area contributed by atoms with Gasteiger partial charge in [0.05, 0.1) is 11.7 Å². The normalized spacial score (nSPS) is 41.9. The third-order valence-electron chi connectivity index (χ3n) is 1.72. The average molecular weight is 144 g/mol. The van der Waals surface area contributed by atoms with Crippen LogP contribution in [0.1, 0.15) is 26.2 Å². The molecule has 1 rings (SSSR count). The van der Waals surface area contributed by atoms with Crippen molar-refractivity contribution >= 4 is 5.78 Å². The van der Waals surface area contributed by atoms with E-state index < -0.39 is 11.7 Å². The third-order valence-corrected chi connectivity index (χ3v) is 1.72. The highest BCUT2D eigenvalue weighted by Gasteiger charge is 2.33. The molecule has 0 amide bonds. The number of aliphatic hydroxyl groups is 2. The summed E-state index contributed by atoms with van der Waals surface area (Å²) < 4.78 is 0. The van der Waals surface area contributed by atoms with Crippen molar-refractivity contribution in [3.8, 4) is 0 Å². The predicted octanol–water partition coefficient (Wildman–Crippen LogP) is -0.149. The van der Waals surface area contributed by atoms with Gasteiger partial charge in [0.2, 0.25) is 0 Å². The molecule has 3 heteroatoms. The smallest absolute Gasteiger partial charge is 0.138 e. The maximum Gasteiger partial charge on any atom is 0.138 e. The molecule has 0 aromatic rings. The van der Waals surface area contributed by atoms with Gasteiger partial charge in [-0.25, -0.2) is 0 Å². The van der Waals surface area contributed by atoms with Gasteiger partial charge in [-0.15, -0.1) is 0 Å². The minimum absolute atomic E-state index is 0.0521.